The van der Waals surface area contributed by atoms with Crippen LogP contribution in [0.1, 0.15) is 27.2 Å². The largest absolute Gasteiger partial charge is 0.308 e. The average molecular weight is 193 g/mol. The van der Waals surface area contributed by atoms with E-state index in [1.165, 1.54) is 6.92 Å². The molecule has 0 amide bonds. The average Bonchev–Trinajstić information content (AvgIpc) is 2.14. The molecule has 0 saturated heterocycles. The molecule has 3 nitrogen and oxygen atoms in total. The van der Waals surface area contributed by atoms with E-state index < -0.39 is 0 Å². The fourth-order valence-electron chi connectivity index (χ4n) is 1.05. The SMILES string of the molecule is [C-]#[N+]C(=C)C(=O)CC(C)C(C)C(C)=O. The molecule has 0 spiro atoms. The number of hydrogen-bond acceptors (Lipinski definition) is 2. The van der Waals surface area contributed by atoms with Crippen molar-refractivity contribution < 1.29 is 9.59 Å². The van der Waals surface area contributed by atoms with Gasteiger partial charge in [-0.05, 0) is 12.8 Å². The third kappa shape index (κ3) is 3.53. The van der Waals surface area contributed by atoms with Crippen LogP contribution in [0.3, 0.4) is 0 Å². The van der Waals surface area contributed by atoms with Crippen molar-refractivity contribution in [2.75, 3.05) is 0 Å². The van der Waals surface area contributed by atoms with Gasteiger partial charge in [0.1, 0.15) is 5.78 Å². The van der Waals surface area contributed by atoms with Gasteiger partial charge in [-0.15, -0.1) is 0 Å². The first-order valence-electron chi connectivity index (χ1n) is 4.50. The van der Waals surface area contributed by atoms with Crippen LogP contribution in [-0.2, 0) is 9.59 Å². The molecule has 0 bridgehead atoms. The topological polar surface area (TPSA) is 38.5 Å². The van der Waals surface area contributed by atoms with Crippen molar-refractivity contribution in [2.24, 2.45) is 11.8 Å². The first-order chi connectivity index (χ1) is 6.40. The first-order valence-corrected chi connectivity index (χ1v) is 4.50. The lowest BCUT2D eigenvalue weighted by Crippen LogP contribution is -2.19. The lowest BCUT2D eigenvalue weighted by molar-refractivity contribution is -0.122. The van der Waals surface area contributed by atoms with Crippen molar-refractivity contribution >= 4 is 11.6 Å². The Balaban J connectivity index is 4.28. The van der Waals surface area contributed by atoms with Crippen LogP contribution >= 0.6 is 0 Å². The molecule has 0 aliphatic carbocycles. The molecule has 0 heterocycles. The van der Waals surface area contributed by atoms with Crippen molar-refractivity contribution in [3.05, 3.63) is 23.7 Å². The zero-order valence-corrected chi connectivity index (χ0v) is 8.83. The zero-order chi connectivity index (χ0) is 11.3. The normalized spacial score (nSPS) is 13.9. The second kappa shape index (κ2) is 5.33. The Hall–Kier alpha value is -1.43. The molecule has 0 radical (unpaired) electrons. The maximum Gasteiger partial charge on any atom is 0.222 e. The van der Waals surface area contributed by atoms with Gasteiger partial charge in [-0.1, -0.05) is 20.4 Å². The fourth-order valence-corrected chi connectivity index (χ4v) is 1.05. The molecule has 0 N–H and O–H groups in total. The standard InChI is InChI=1S/C11H15NO2/c1-7(8(2)10(4)13)6-11(14)9(3)12-5/h7-8H,3,6H2,1-2,4H3. The van der Waals surface area contributed by atoms with Crippen LogP contribution in [0, 0.1) is 18.4 Å². The highest BCUT2D eigenvalue weighted by atomic mass is 16.1. The molecular weight excluding hydrogens is 178 g/mol. The third-order valence-corrected chi connectivity index (χ3v) is 2.46. The van der Waals surface area contributed by atoms with E-state index >= 15 is 0 Å². The summed E-state index contributed by atoms with van der Waals surface area (Å²) in [5.41, 5.74) is -0.0485. The summed E-state index contributed by atoms with van der Waals surface area (Å²) in [4.78, 5) is 25.3. The number of carbonyl (C=O) groups excluding carboxylic acids is 2. The van der Waals surface area contributed by atoms with Gasteiger partial charge in [0, 0.05) is 12.3 Å². The number of Topliss-reactive ketones (excluding diaryl/α,β-unsaturated/α-hetero) is 2. The summed E-state index contributed by atoms with van der Waals surface area (Å²) in [5, 5.41) is 0. The molecule has 2 atom stereocenters. The molecule has 0 aromatic carbocycles. The summed E-state index contributed by atoms with van der Waals surface area (Å²) >= 11 is 0. The van der Waals surface area contributed by atoms with Crippen molar-refractivity contribution in [3.63, 3.8) is 0 Å². The van der Waals surface area contributed by atoms with E-state index in [4.69, 9.17) is 6.57 Å². The van der Waals surface area contributed by atoms with Gasteiger partial charge in [-0.25, -0.2) is 4.85 Å². The molecule has 0 saturated carbocycles. The summed E-state index contributed by atoms with van der Waals surface area (Å²) < 4.78 is 0. The molecule has 14 heavy (non-hydrogen) atoms. The molecule has 76 valence electrons. The van der Waals surface area contributed by atoms with Gasteiger partial charge in [-0.3, -0.25) is 4.79 Å². The Morgan fingerprint density at radius 1 is 1.43 bits per heavy atom. The summed E-state index contributed by atoms with van der Waals surface area (Å²) in [5.74, 6) is -0.365. The summed E-state index contributed by atoms with van der Waals surface area (Å²) in [6, 6.07) is 0. The zero-order valence-electron chi connectivity index (χ0n) is 8.83. The van der Waals surface area contributed by atoms with Crippen LogP contribution in [0.2, 0.25) is 0 Å². The molecule has 0 aromatic rings. The maximum absolute atomic E-state index is 11.3. The Kier molecular flexibility index (Phi) is 4.79. The van der Waals surface area contributed by atoms with Crippen molar-refractivity contribution in [1.82, 2.24) is 0 Å². The Bertz CT molecular complexity index is 299. The predicted molar refractivity (Wildman–Crippen MR) is 54.4 cm³/mol. The summed E-state index contributed by atoms with van der Waals surface area (Å²) in [7, 11) is 0. The quantitative estimate of drug-likeness (QED) is 0.496. The van der Waals surface area contributed by atoms with Crippen molar-refractivity contribution in [3.8, 4) is 0 Å². The maximum atomic E-state index is 11.3. The second-order valence-electron chi connectivity index (χ2n) is 3.56. The van der Waals surface area contributed by atoms with Crippen LogP contribution < -0.4 is 0 Å². The van der Waals surface area contributed by atoms with Gasteiger partial charge in [0.15, 0.2) is 5.78 Å². The van der Waals surface area contributed by atoms with Crippen molar-refractivity contribution in [1.29, 1.82) is 0 Å². The minimum Gasteiger partial charge on any atom is -0.308 e. The van der Waals surface area contributed by atoms with Gasteiger partial charge in [-0.2, -0.15) is 0 Å². The first kappa shape index (κ1) is 12.6. The number of allylic oxidation sites excluding steroid dienone is 1. The molecule has 0 fully saturated rings. The van der Waals surface area contributed by atoms with Gasteiger partial charge in [0.05, 0.1) is 6.57 Å². The third-order valence-electron chi connectivity index (χ3n) is 2.46. The van der Waals surface area contributed by atoms with E-state index in [1.807, 2.05) is 6.92 Å². The van der Waals surface area contributed by atoms with Gasteiger partial charge < -0.3 is 4.79 Å². The second-order valence-corrected chi connectivity index (χ2v) is 3.56. The Morgan fingerprint density at radius 2 is 1.93 bits per heavy atom. The fraction of sp³-hybridized carbons (Fsp3) is 0.545. The number of rotatable bonds is 5. The highest BCUT2D eigenvalue weighted by Gasteiger charge is 2.20. The minimum absolute atomic E-state index is 0.0292. The Labute approximate surface area is 84.6 Å². The van der Waals surface area contributed by atoms with Gasteiger partial charge >= 0.3 is 0 Å². The number of carbonyl (C=O) groups is 2. The van der Waals surface area contributed by atoms with E-state index in [0.717, 1.165) is 0 Å². The number of ketones is 2. The van der Waals surface area contributed by atoms with Crippen molar-refractivity contribution in [2.45, 2.75) is 27.2 Å². The van der Waals surface area contributed by atoms with E-state index in [1.54, 1.807) is 6.92 Å². The van der Waals surface area contributed by atoms with E-state index in [2.05, 4.69) is 11.4 Å². The number of hydrogen-bond donors (Lipinski definition) is 0. The molecular formula is C11H15NO2. The smallest absolute Gasteiger partial charge is 0.222 e. The predicted octanol–water partition coefficient (Wildman–Crippen LogP) is 2.24. The summed E-state index contributed by atoms with van der Waals surface area (Å²) in [6.07, 6.45) is 0.224. The van der Waals surface area contributed by atoms with E-state index in [0.29, 0.717) is 0 Å². The molecule has 3 heteroatoms. The van der Waals surface area contributed by atoms with Crippen LogP contribution in [0.25, 0.3) is 4.85 Å². The van der Waals surface area contributed by atoms with Crippen LogP contribution in [-0.4, -0.2) is 11.6 Å². The van der Waals surface area contributed by atoms with E-state index in [9.17, 15) is 9.59 Å². The molecule has 0 aliphatic rings. The lowest BCUT2D eigenvalue weighted by atomic mass is 9.88. The monoisotopic (exact) mass is 193 g/mol. The van der Waals surface area contributed by atoms with Crippen LogP contribution in [0.5, 0.6) is 0 Å². The minimum atomic E-state index is -0.263. The van der Waals surface area contributed by atoms with Gasteiger partial charge in [0.2, 0.25) is 5.70 Å². The van der Waals surface area contributed by atoms with Gasteiger partial charge in [0.25, 0.3) is 0 Å². The number of nitrogens with zero attached hydrogens (tertiary/aromatic N) is 1. The highest BCUT2D eigenvalue weighted by Crippen LogP contribution is 2.18. The molecule has 0 aromatic heterocycles. The molecule has 2 unspecified atom stereocenters. The van der Waals surface area contributed by atoms with E-state index in [-0.39, 0.29) is 35.5 Å². The van der Waals surface area contributed by atoms with Crippen LogP contribution in [0.15, 0.2) is 12.3 Å². The molecule has 0 rings (SSSR count). The Morgan fingerprint density at radius 3 is 2.29 bits per heavy atom. The molecule has 0 aliphatic heterocycles. The highest BCUT2D eigenvalue weighted by molar-refractivity contribution is 5.96. The lowest BCUT2D eigenvalue weighted by Gasteiger charge is -2.15. The summed E-state index contributed by atoms with van der Waals surface area (Å²) in [6.45, 7) is 15.1. The van der Waals surface area contributed by atoms with Crippen LogP contribution in [0.4, 0.5) is 0 Å².